The van der Waals surface area contributed by atoms with Gasteiger partial charge in [-0.2, -0.15) is 0 Å². The van der Waals surface area contributed by atoms with Gasteiger partial charge < -0.3 is 24.4 Å². The lowest BCUT2D eigenvalue weighted by Crippen LogP contribution is -2.24. The summed E-state index contributed by atoms with van der Waals surface area (Å²) in [4.78, 5) is 26.3. The minimum Gasteiger partial charge on any atom is -0.493 e. The number of methoxy groups -OCH3 is 3. The van der Waals surface area contributed by atoms with E-state index in [4.69, 9.17) is 14.2 Å². The first-order chi connectivity index (χ1) is 13.6. The summed E-state index contributed by atoms with van der Waals surface area (Å²) in [5.41, 5.74) is 2.18. The van der Waals surface area contributed by atoms with Crippen molar-refractivity contribution in [3.05, 3.63) is 47.5 Å². The highest BCUT2D eigenvalue weighted by atomic mass is 16.5. The molecule has 1 saturated heterocycles. The Morgan fingerprint density at radius 2 is 1.71 bits per heavy atom. The Balaban J connectivity index is 1.69. The van der Waals surface area contributed by atoms with Gasteiger partial charge in [-0.05, 0) is 36.2 Å². The number of rotatable bonds is 7. The van der Waals surface area contributed by atoms with Crippen LogP contribution in [0.3, 0.4) is 0 Å². The summed E-state index contributed by atoms with van der Waals surface area (Å²) in [6.07, 6.45) is 1.49. The van der Waals surface area contributed by atoms with Crippen LogP contribution in [0.15, 0.2) is 36.4 Å². The van der Waals surface area contributed by atoms with Gasteiger partial charge in [-0.15, -0.1) is 0 Å². The van der Waals surface area contributed by atoms with Crippen LogP contribution in [0.1, 0.15) is 28.8 Å². The molecule has 0 aromatic heterocycles. The molecule has 0 unspecified atom stereocenters. The van der Waals surface area contributed by atoms with E-state index in [2.05, 4.69) is 5.32 Å². The van der Waals surface area contributed by atoms with Crippen LogP contribution in [-0.2, 0) is 11.3 Å². The average Bonchev–Trinajstić information content (AvgIpc) is 3.16. The van der Waals surface area contributed by atoms with Crippen LogP contribution in [0, 0.1) is 0 Å². The molecule has 1 aliphatic heterocycles. The number of nitrogens with zero attached hydrogens (tertiary/aromatic N) is 1. The number of carbonyl (C=O) groups excluding carboxylic acids is 2. The molecule has 2 amide bonds. The van der Waals surface area contributed by atoms with E-state index < -0.39 is 0 Å². The van der Waals surface area contributed by atoms with E-state index in [-0.39, 0.29) is 11.8 Å². The molecule has 0 bridgehead atoms. The van der Waals surface area contributed by atoms with Crippen molar-refractivity contribution >= 4 is 17.5 Å². The predicted molar refractivity (Wildman–Crippen MR) is 105 cm³/mol. The highest BCUT2D eigenvalue weighted by molar-refractivity contribution is 5.98. The summed E-state index contributed by atoms with van der Waals surface area (Å²) in [6, 6.07) is 10.9. The fraction of sp³-hybridized carbons (Fsp3) is 0.333. The van der Waals surface area contributed by atoms with Gasteiger partial charge in [0.2, 0.25) is 11.7 Å². The maximum atomic E-state index is 12.6. The van der Waals surface area contributed by atoms with Crippen molar-refractivity contribution < 1.29 is 23.8 Å². The second kappa shape index (κ2) is 8.65. The zero-order valence-electron chi connectivity index (χ0n) is 16.3. The molecule has 7 heteroatoms. The minimum absolute atomic E-state index is 0.154. The lowest BCUT2D eigenvalue weighted by Gasteiger charge is -2.17. The number of benzene rings is 2. The monoisotopic (exact) mass is 384 g/mol. The molecule has 0 radical (unpaired) electrons. The third-order valence-electron chi connectivity index (χ3n) is 4.72. The maximum absolute atomic E-state index is 12.6. The van der Waals surface area contributed by atoms with E-state index in [0.717, 1.165) is 24.2 Å². The van der Waals surface area contributed by atoms with Crippen molar-refractivity contribution in [1.29, 1.82) is 0 Å². The zero-order valence-corrected chi connectivity index (χ0v) is 16.3. The Hall–Kier alpha value is -3.22. The first-order valence-electron chi connectivity index (χ1n) is 9.05. The lowest BCUT2D eigenvalue weighted by atomic mass is 10.1. The standard InChI is InChI=1S/C21H24N2O5/c1-26-17-11-10-16(19(27-2)20(17)28-3)21(25)22-13-14-6-8-15(9-7-14)23-12-4-5-18(23)24/h6-11H,4-5,12-13H2,1-3H3,(H,22,25). The third-order valence-corrected chi connectivity index (χ3v) is 4.72. The van der Waals surface area contributed by atoms with Crippen LogP contribution in [0.4, 0.5) is 5.69 Å². The fourth-order valence-corrected chi connectivity index (χ4v) is 3.27. The Morgan fingerprint density at radius 1 is 1.00 bits per heavy atom. The van der Waals surface area contributed by atoms with E-state index >= 15 is 0 Å². The summed E-state index contributed by atoms with van der Waals surface area (Å²) >= 11 is 0. The van der Waals surface area contributed by atoms with Gasteiger partial charge >= 0.3 is 0 Å². The largest absolute Gasteiger partial charge is 0.493 e. The average molecular weight is 384 g/mol. The third kappa shape index (κ3) is 3.88. The Morgan fingerprint density at radius 3 is 2.29 bits per heavy atom. The summed E-state index contributed by atoms with van der Waals surface area (Å²) in [6.45, 7) is 1.11. The van der Waals surface area contributed by atoms with E-state index in [1.54, 1.807) is 17.0 Å². The molecule has 0 saturated carbocycles. The molecule has 0 aliphatic carbocycles. The SMILES string of the molecule is COc1ccc(C(=O)NCc2ccc(N3CCCC3=O)cc2)c(OC)c1OC. The Kier molecular flexibility index (Phi) is 6.03. The highest BCUT2D eigenvalue weighted by Gasteiger charge is 2.22. The van der Waals surface area contributed by atoms with Gasteiger partial charge in [0.1, 0.15) is 0 Å². The summed E-state index contributed by atoms with van der Waals surface area (Å²) in [5, 5.41) is 2.88. The number of ether oxygens (including phenoxy) is 3. The first kappa shape index (κ1) is 19.5. The summed E-state index contributed by atoms with van der Waals surface area (Å²) in [5.74, 6) is 1.06. The Bertz CT molecular complexity index is 864. The van der Waals surface area contributed by atoms with Crippen molar-refractivity contribution in [3.8, 4) is 17.2 Å². The van der Waals surface area contributed by atoms with Crippen molar-refractivity contribution in [2.45, 2.75) is 19.4 Å². The van der Waals surface area contributed by atoms with Crippen molar-refractivity contribution in [3.63, 3.8) is 0 Å². The number of hydrogen-bond acceptors (Lipinski definition) is 5. The van der Waals surface area contributed by atoms with Crippen LogP contribution in [0.2, 0.25) is 0 Å². The molecule has 2 aromatic rings. The number of anilines is 1. The molecular weight excluding hydrogens is 360 g/mol. The molecule has 148 valence electrons. The second-order valence-electron chi connectivity index (χ2n) is 6.38. The normalized spacial score (nSPS) is 13.4. The molecule has 1 heterocycles. The molecule has 0 spiro atoms. The van der Waals surface area contributed by atoms with Crippen LogP contribution >= 0.6 is 0 Å². The minimum atomic E-state index is -0.281. The molecule has 1 aliphatic rings. The van der Waals surface area contributed by atoms with Gasteiger partial charge in [0.15, 0.2) is 11.5 Å². The number of nitrogens with one attached hydrogen (secondary N) is 1. The van der Waals surface area contributed by atoms with Crippen LogP contribution in [0.5, 0.6) is 17.2 Å². The maximum Gasteiger partial charge on any atom is 0.255 e. The molecule has 7 nitrogen and oxygen atoms in total. The molecule has 28 heavy (non-hydrogen) atoms. The first-order valence-corrected chi connectivity index (χ1v) is 9.05. The van der Waals surface area contributed by atoms with Crippen molar-refractivity contribution in [2.24, 2.45) is 0 Å². The molecular formula is C21H24N2O5. The van der Waals surface area contributed by atoms with Crippen LogP contribution in [0.25, 0.3) is 0 Å². The van der Waals surface area contributed by atoms with Gasteiger partial charge in [0, 0.05) is 25.2 Å². The quantitative estimate of drug-likeness (QED) is 0.794. The van der Waals surface area contributed by atoms with Gasteiger partial charge in [0.25, 0.3) is 5.91 Å². The van der Waals surface area contributed by atoms with Gasteiger partial charge in [-0.1, -0.05) is 12.1 Å². The van der Waals surface area contributed by atoms with E-state index in [1.165, 1.54) is 21.3 Å². The Labute approximate surface area is 164 Å². The van der Waals surface area contributed by atoms with E-state index in [0.29, 0.717) is 35.8 Å². The van der Waals surface area contributed by atoms with E-state index in [1.807, 2.05) is 24.3 Å². The van der Waals surface area contributed by atoms with Crippen molar-refractivity contribution in [2.75, 3.05) is 32.8 Å². The van der Waals surface area contributed by atoms with Gasteiger partial charge in [0.05, 0.1) is 26.9 Å². The lowest BCUT2D eigenvalue weighted by molar-refractivity contribution is -0.117. The molecule has 3 rings (SSSR count). The molecule has 2 aromatic carbocycles. The fourth-order valence-electron chi connectivity index (χ4n) is 3.27. The predicted octanol–water partition coefficient (Wildman–Crippen LogP) is 2.77. The van der Waals surface area contributed by atoms with Gasteiger partial charge in [-0.25, -0.2) is 0 Å². The number of amides is 2. The summed E-state index contributed by atoms with van der Waals surface area (Å²) in [7, 11) is 4.50. The van der Waals surface area contributed by atoms with Crippen LogP contribution < -0.4 is 24.4 Å². The van der Waals surface area contributed by atoms with E-state index in [9.17, 15) is 9.59 Å². The molecule has 1 fully saturated rings. The van der Waals surface area contributed by atoms with Crippen LogP contribution in [-0.4, -0.2) is 39.7 Å². The smallest absolute Gasteiger partial charge is 0.255 e. The summed E-state index contributed by atoms with van der Waals surface area (Å²) < 4.78 is 15.9. The van der Waals surface area contributed by atoms with Crippen molar-refractivity contribution in [1.82, 2.24) is 5.32 Å². The molecule has 0 atom stereocenters. The second-order valence-corrected chi connectivity index (χ2v) is 6.38. The molecule has 1 N–H and O–H groups in total. The topological polar surface area (TPSA) is 77.1 Å². The number of hydrogen-bond donors (Lipinski definition) is 1. The van der Waals surface area contributed by atoms with Gasteiger partial charge in [-0.3, -0.25) is 9.59 Å². The zero-order chi connectivity index (χ0) is 20.1. The number of carbonyl (C=O) groups is 2. The highest BCUT2D eigenvalue weighted by Crippen LogP contribution is 2.39.